The van der Waals surface area contributed by atoms with Crippen LogP contribution in [-0.2, 0) is 47.7 Å². The number of carbonyl (C=O) groups is 6. The molecule has 0 amide bonds. The van der Waals surface area contributed by atoms with Gasteiger partial charge < -0.3 is 39.0 Å². The van der Waals surface area contributed by atoms with Crippen molar-refractivity contribution in [3.8, 4) is 0 Å². The molecular weight excluding hydrogens is 1160 g/mol. The summed E-state index contributed by atoms with van der Waals surface area (Å²) in [4.78, 5) is 76.7. The van der Waals surface area contributed by atoms with Gasteiger partial charge in [-0.05, 0) is 167 Å². The number of esters is 4. The molecule has 2 saturated heterocycles. The summed E-state index contributed by atoms with van der Waals surface area (Å²) < 4.78 is 23.0. The lowest BCUT2D eigenvalue weighted by Crippen LogP contribution is -2.34. The number of unbranched alkanes of at least 4 members (excludes halogenated alkanes) is 24. The third kappa shape index (κ3) is 53.9. The van der Waals surface area contributed by atoms with Gasteiger partial charge in [0.25, 0.3) is 0 Å². The van der Waals surface area contributed by atoms with Gasteiger partial charge in [0, 0.05) is 25.7 Å². The van der Waals surface area contributed by atoms with Crippen LogP contribution in [0.3, 0.4) is 0 Å². The van der Waals surface area contributed by atoms with E-state index in [4.69, 9.17) is 29.2 Å². The average molecular weight is 1300 g/mol. The van der Waals surface area contributed by atoms with Gasteiger partial charge in [0.05, 0.1) is 38.3 Å². The molecule has 0 bridgehead atoms. The molecule has 0 radical (unpaired) electrons. The third-order valence-corrected chi connectivity index (χ3v) is 19.9. The van der Waals surface area contributed by atoms with E-state index in [1.54, 1.807) is 0 Å². The Hall–Kier alpha value is -3.26. The Morgan fingerprint density at radius 2 is 0.554 bits per heavy atom. The first kappa shape index (κ1) is 86.8. The lowest BCUT2D eigenvalue weighted by Gasteiger charge is -2.28. The molecule has 0 spiro atoms. The minimum absolute atomic E-state index is 0.0268. The SMILES string of the molecule is CCCCCCCCCC(CCCCCCCCC)CCCOC(=O)CCCC(CCCC(=O)OCCCC(CCCCCCCCC)CCCCCCCCC)COC(=O)C1CCN(C)CC1.CN1CCC(C(=O)OCC(CCCC(=O)O)CCCC(=O)O)CC1. The molecule has 2 rings (SSSR count). The van der Waals surface area contributed by atoms with Gasteiger partial charge in [-0.1, -0.05) is 233 Å². The molecule has 0 unspecified atom stereocenters. The highest BCUT2D eigenvalue weighted by atomic mass is 16.5. The van der Waals surface area contributed by atoms with Crippen LogP contribution >= 0.6 is 0 Å². The number of aliphatic carboxylic acids is 2. The summed E-state index contributed by atoms with van der Waals surface area (Å²) in [6.07, 6.45) is 57.0. The number of carboxylic acid groups (broad SMARTS) is 2. The Kier molecular flexibility index (Phi) is 59.0. The second-order valence-corrected chi connectivity index (χ2v) is 28.6. The fraction of sp³-hybridized carbons (Fsp3) is 0.923. The van der Waals surface area contributed by atoms with Crippen molar-refractivity contribution in [2.24, 2.45) is 35.5 Å². The predicted octanol–water partition coefficient (Wildman–Crippen LogP) is 20.3. The van der Waals surface area contributed by atoms with Gasteiger partial charge in [0.2, 0.25) is 0 Å². The third-order valence-electron chi connectivity index (χ3n) is 19.9. The predicted molar refractivity (Wildman–Crippen MR) is 378 cm³/mol. The van der Waals surface area contributed by atoms with Gasteiger partial charge in [0.15, 0.2) is 0 Å². The van der Waals surface area contributed by atoms with Gasteiger partial charge in [-0.3, -0.25) is 28.8 Å². The highest BCUT2D eigenvalue weighted by Crippen LogP contribution is 2.28. The van der Waals surface area contributed by atoms with Crippen LogP contribution in [-0.4, -0.2) is 123 Å². The zero-order valence-corrected chi connectivity index (χ0v) is 60.8. The summed E-state index contributed by atoms with van der Waals surface area (Å²) >= 11 is 0. The van der Waals surface area contributed by atoms with Crippen molar-refractivity contribution < 1.29 is 57.9 Å². The van der Waals surface area contributed by atoms with Crippen LogP contribution in [0.1, 0.15) is 362 Å². The van der Waals surface area contributed by atoms with Gasteiger partial charge in [-0.15, -0.1) is 0 Å². The molecule has 2 heterocycles. The number of carboxylic acids is 2. The lowest BCUT2D eigenvalue weighted by atomic mass is 9.90. The maximum Gasteiger partial charge on any atom is 0.309 e. The van der Waals surface area contributed by atoms with Crippen molar-refractivity contribution in [2.45, 2.75) is 362 Å². The number of ether oxygens (including phenoxy) is 4. The fourth-order valence-electron chi connectivity index (χ4n) is 13.6. The zero-order valence-electron chi connectivity index (χ0n) is 60.8. The zero-order chi connectivity index (χ0) is 67.3. The first-order valence-corrected chi connectivity index (χ1v) is 39.2. The minimum Gasteiger partial charge on any atom is -0.481 e. The molecule has 0 atom stereocenters. The van der Waals surface area contributed by atoms with Crippen LogP contribution in [0.15, 0.2) is 0 Å². The Morgan fingerprint density at radius 3 is 0.826 bits per heavy atom. The molecule has 540 valence electrons. The maximum atomic E-state index is 13.1. The number of rotatable bonds is 62. The van der Waals surface area contributed by atoms with E-state index in [0.717, 1.165) is 102 Å². The van der Waals surface area contributed by atoms with Crippen LogP contribution in [0.2, 0.25) is 0 Å². The summed E-state index contributed by atoms with van der Waals surface area (Å²) in [6, 6.07) is 0. The smallest absolute Gasteiger partial charge is 0.309 e. The number of likely N-dealkylation sites (tertiary alicyclic amines) is 2. The molecule has 92 heavy (non-hydrogen) atoms. The number of hydrogen-bond donors (Lipinski definition) is 2. The van der Waals surface area contributed by atoms with Crippen LogP contribution in [0.4, 0.5) is 0 Å². The number of piperidine rings is 2. The van der Waals surface area contributed by atoms with Gasteiger partial charge >= 0.3 is 35.8 Å². The van der Waals surface area contributed by atoms with Gasteiger partial charge in [0.1, 0.15) is 0 Å². The van der Waals surface area contributed by atoms with Crippen LogP contribution < -0.4 is 0 Å². The topological polar surface area (TPSA) is 186 Å². The Balaban J connectivity index is 0.00000147. The van der Waals surface area contributed by atoms with Crippen molar-refractivity contribution in [1.29, 1.82) is 0 Å². The van der Waals surface area contributed by atoms with Crippen LogP contribution in [0, 0.1) is 35.5 Å². The van der Waals surface area contributed by atoms with Crippen molar-refractivity contribution in [2.75, 3.05) is 66.7 Å². The van der Waals surface area contributed by atoms with Crippen molar-refractivity contribution in [3.63, 3.8) is 0 Å². The molecule has 2 N–H and O–H groups in total. The second-order valence-electron chi connectivity index (χ2n) is 28.6. The molecule has 0 aromatic heterocycles. The summed E-state index contributed by atoms with van der Waals surface area (Å²) in [6.45, 7) is 14.4. The Labute approximate surface area is 564 Å². The quantitative estimate of drug-likeness (QED) is 0.0333. The fourth-order valence-corrected chi connectivity index (χ4v) is 13.6. The summed E-state index contributed by atoms with van der Waals surface area (Å²) in [5, 5.41) is 17.4. The van der Waals surface area contributed by atoms with E-state index in [0.29, 0.717) is 71.2 Å². The monoisotopic (exact) mass is 1300 g/mol. The van der Waals surface area contributed by atoms with Gasteiger partial charge in [-0.25, -0.2) is 0 Å². The number of hydrogen-bond acceptors (Lipinski definition) is 12. The maximum absolute atomic E-state index is 13.1. The Morgan fingerprint density at radius 1 is 0.315 bits per heavy atom. The Bertz CT molecular complexity index is 1630. The van der Waals surface area contributed by atoms with Crippen molar-refractivity contribution in [1.82, 2.24) is 9.80 Å². The van der Waals surface area contributed by atoms with E-state index >= 15 is 0 Å². The molecule has 2 fully saturated rings. The van der Waals surface area contributed by atoms with Gasteiger partial charge in [-0.2, -0.15) is 0 Å². The van der Waals surface area contributed by atoms with Crippen LogP contribution in [0.5, 0.6) is 0 Å². The van der Waals surface area contributed by atoms with Crippen molar-refractivity contribution in [3.05, 3.63) is 0 Å². The molecule has 14 heteroatoms. The summed E-state index contributed by atoms with van der Waals surface area (Å²) in [7, 11) is 4.13. The van der Waals surface area contributed by atoms with E-state index < -0.39 is 11.9 Å². The summed E-state index contributed by atoms with van der Waals surface area (Å²) in [5.74, 6) is -0.632. The van der Waals surface area contributed by atoms with E-state index in [-0.39, 0.29) is 67.0 Å². The van der Waals surface area contributed by atoms with E-state index in [9.17, 15) is 28.8 Å². The number of nitrogens with zero attached hydrogens (tertiary/aromatic N) is 2. The molecule has 14 nitrogen and oxygen atoms in total. The first-order chi connectivity index (χ1) is 44.7. The first-order valence-electron chi connectivity index (χ1n) is 39.2. The number of carbonyl (C=O) groups excluding carboxylic acids is 4. The van der Waals surface area contributed by atoms with E-state index in [1.165, 1.54) is 205 Å². The minimum atomic E-state index is -0.845. The highest BCUT2D eigenvalue weighted by molar-refractivity contribution is 5.73. The molecule has 2 aliphatic rings. The molecule has 0 aliphatic carbocycles. The lowest BCUT2D eigenvalue weighted by molar-refractivity contribution is -0.152. The second kappa shape index (κ2) is 62.5. The molecule has 0 saturated carbocycles. The van der Waals surface area contributed by atoms with Crippen molar-refractivity contribution >= 4 is 35.8 Å². The van der Waals surface area contributed by atoms with Crippen LogP contribution in [0.25, 0.3) is 0 Å². The largest absolute Gasteiger partial charge is 0.481 e. The summed E-state index contributed by atoms with van der Waals surface area (Å²) in [5.41, 5.74) is 0. The normalized spacial score (nSPS) is 14.3. The van der Waals surface area contributed by atoms with E-state index in [2.05, 4.69) is 44.5 Å². The molecule has 2 aliphatic heterocycles. The molecule has 0 aromatic carbocycles. The average Bonchev–Trinajstić information content (AvgIpc) is 1.94. The molecular formula is C78H146N2O12. The highest BCUT2D eigenvalue weighted by Gasteiger charge is 2.27. The molecule has 0 aromatic rings. The van der Waals surface area contributed by atoms with E-state index in [1.807, 2.05) is 7.05 Å². The standard InChI is InChI=1S/C61H117NO6.C17H29NO6/c1-6-10-14-18-22-26-30-38-55(39-31-27-23-19-15-11-7-2)44-36-52-66-59(63)46-34-42-57(54-68-61(65)58-48-50-62(5)51-49-58)43-35-47-60(64)67-53-37-45-56(40-32-28-24-20-16-12-8-3)41-33-29-25-21-17-13-9-4;1-18-10-8-14(9-11-18)17(23)24-12-13(4-2-6-15(19)20)5-3-7-16(21)22/h55-58H,6-54H2,1-5H3;13-14H,2-12H2,1H3,(H,19,20)(H,21,22).